The average Bonchev–Trinajstić information content (AvgIpc) is 2.46. The number of hydrogen-bond acceptors (Lipinski definition) is 3. The number of aliphatic imine (C=N–C) groups is 1. The van der Waals surface area contributed by atoms with Gasteiger partial charge in [-0.15, -0.1) is 0 Å². The van der Waals surface area contributed by atoms with E-state index in [0.29, 0.717) is 0 Å². The lowest BCUT2D eigenvalue weighted by Gasteiger charge is -2.14. The number of thioether (sulfide) groups is 2. The number of benzene rings is 2. The van der Waals surface area contributed by atoms with Gasteiger partial charge in [-0.05, 0) is 29.7 Å². The number of aryl methyl sites for hydroxylation is 1. The van der Waals surface area contributed by atoms with E-state index in [1.165, 1.54) is 21.1 Å². The molecule has 0 atom stereocenters. The molecular weight excluding hydrogens is 270 g/mol. The Bertz CT molecular complexity index is 620. The molecule has 1 aliphatic heterocycles. The summed E-state index contributed by atoms with van der Waals surface area (Å²) in [5, 5.41) is 0. The Morgan fingerprint density at radius 3 is 2.79 bits per heavy atom. The molecule has 2 aromatic rings. The van der Waals surface area contributed by atoms with Crippen LogP contribution in [0.1, 0.15) is 16.7 Å². The van der Waals surface area contributed by atoms with Crippen LogP contribution in [0.3, 0.4) is 0 Å². The largest absolute Gasteiger partial charge is 0.235 e. The third kappa shape index (κ3) is 3.04. The molecule has 0 aliphatic carbocycles. The molecule has 0 fully saturated rings. The van der Waals surface area contributed by atoms with Crippen LogP contribution in [0, 0.1) is 6.92 Å². The Morgan fingerprint density at radius 2 is 1.89 bits per heavy atom. The Hall–Kier alpha value is -1.19. The van der Waals surface area contributed by atoms with Gasteiger partial charge in [-0.1, -0.05) is 66.0 Å². The van der Waals surface area contributed by atoms with Crippen molar-refractivity contribution in [2.75, 3.05) is 0 Å². The molecule has 0 N–H and O–H groups in total. The minimum atomic E-state index is 1.00. The van der Waals surface area contributed by atoms with E-state index in [0.717, 1.165) is 17.2 Å². The zero-order chi connectivity index (χ0) is 13.1. The van der Waals surface area contributed by atoms with E-state index in [4.69, 9.17) is 4.99 Å². The molecule has 0 saturated carbocycles. The first-order chi connectivity index (χ1) is 9.33. The molecule has 0 saturated heterocycles. The third-order valence-corrected chi connectivity index (χ3v) is 5.46. The first kappa shape index (κ1) is 12.8. The summed E-state index contributed by atoms with van der Waals surface area (Å²) in [6, 6.07) is 17.0. The van der Waals surface area contributed by atoms with Crippen LogP contribution in [0.4, 0.5) is 5.69 Å². The van der Waals surface area contributed by atoms with Gasteiger partial charge in [0.05, 0.1) is 5.69 Å². The highest BCUT2D eigenvalue weighted by molar-refractivity contribution is 8.38. The highest BCUT2D eigenvalue weighted by Crippen LogP contribution is 2.35. The van der Waals surface area contributed by atoms with Gasteiger partial charge in [-0.3, -0.25) is 0 Å². The second kappa shape index (κ2) is 5.85. The topological polar surface area (TPSA) is 12.4 Å². The van der Waals surface area contributed by atoms with Crippen LogP contribution in [-0.4, -0.2) is 4.38 Å². The minimum Gasteiger partial charge on any atom is -0.235 e. The van der Waals surface area contributed by atoms with Crippen LogP contribution < -0.4 is 0 Å². The fourth-order valence-corrected chi connectivity index (χ4v) is 4.14. The molecule has 0 radical (unpaired) electrons. The number of nitrogens with zero attached hydrogens (tertiary/aromatic N) is 1. The normalized spacial score (nSPS) is 13.8. The zero-order valence-corrected chi connectivity index (χ0v) is 12.4. The first-order valence-electron chi connectivity index (χ1n) is 6.29. The molecule has 0 spiro atoms. The second-order valence-corrected chi connectivity index (χ2v) is 6.70. The number of fused-ring (bicyclic) bond motifs is 1. The fourth-order valence-electron chi connectivity index (χ4n) is 2.00. The SMILES string of the molecule is Cc1ccccc1CSC1=Nc2ccccc2CS1. The minimum absolute atomic E-state index is 1.00. The molecule has 3 rings (SSSR count). The van der Waals surface area contributed by atoms with Gasteiger partial charge in [0.25, 0.3) is 0 Å². The Labute approximate surface area is 122 Å². The van der Waals surface area contributed by atoms with Gasteiger partial charge in [0.1, 0.15) is 4.38 Å². The fraction of sp³-hybridized carbons (Fsp3) is 0.188. The highest BCUT2D eigenvalue weighted by Gasteiger charge is 2.12. The quantitative estimate of drug-likeness (QED) is 0.755. The standard InChI is InChI=1S/C16H15NS2/c1-12-6-2-3-7-13(12)10-18-16-17-15-9-5-4-8-14(15)11-19-16/h2-9H,10-11H2,1H3. The summed E-state index contributed by atoms with van der Waals surface area (Å²) in [5.41, 5.74) is 5.23. The number of rotatable bonds is 2. The van der Waals surface area contributed by atoms with Gasteiger partial charge in [0.2, 0.25) is 0 Å². The smallest absolute Gasteiger partial charge is 0.131 e. The molecular formula is C16H15NS2. The van der Waals surface area contributed by atoms with Crippen LogP contribution in [0.15, 0.2) is 53.5 Å². The second-order valence-electron chi connectivity index (χ2n) is 4.51. The number of para-hydroxylation sites is 1. The van der Waals surface area contributed by atoms with Crippen molar-refractivity contribution in [3.8, 4) is 0 Å². The molecule has 0 bridgehead atoms. The van der Waals surface area contributed by atoms with Crippen molar-refractivity contribution < 1.29 is 0 Å². The van der Waals surface area contributed by atoms with Crippen molar-refractivity contribution in [2.45, 2.75) is 18.4 Å². The predicted octanol–water partition coefficient (Wildman–Crippen LogP) is 5.16. The van der Waals surface area contributed by atoms with Crippen molar-refractivity contribution in [3.05, 3.63) is 65.2 Å². The van der Waals surface area contributed by atoms with Crippen molar-refractivity contribution in [2.24, 2.45) is 4.99 Å². The molecule has 0 amide bonds. The van der Waals surface area contributed by atoms with Crippen LogP contribution in [0.2, 0.25) is 0 Å². The monoisotopic (exact) mass is 285 g/mol. The summed E-state index contributed by atoms with van der Waals surface area (Å²) in [6.07, 6.45) is 0. The Morgan fingerprint density at radius 1 is 1.11 bits per heavy atom. The molecule has 3 heteroatoms. The summed E-state index contributed by atoms with van der Waals surface area (Å²) in [4.78, 5) is 4.73. The molecule has 0 unspecified atom stereocenters. The van der Waals surface area contributed by atoms with E-state index < -0.39 is 0 Å². The Kier molecular flexibility index (Phi) is 3.95. The maximum absolute atomic E-state index is 4.73. The lowest BCUT2D eigenvalue weighted by atomic mass is 10.1. The Balaban J connectivity index is 1.72. The van der Waals surface area contributed by atoms with Crippen molar-refractivity contribution in [1.29, 1.82) is 0 Å². The number of hydrogen-bond donors (Lipinski definition) is 0. The van der Waals surface area contributed by atoms with Crippen LogP contribution in [0.5, 0.6) is 0 Å². The summed E-state index contributed by atoms with van der Waals surface area (Å²) < 4.78 is 1.18. The molecule has 2 aromatic carbocycles. The van der Waals surface area contributed by atoms with E-state index in [2.05, 4.69) is 55.5 Å². The van der Waals surface area contributed by atoms with E-state index in [1.54, 1.807) is 0 Å². The summed E-state index contributed by atoms with van der Waals surface area (Å²) >= 11 is 3.69. The predicted molar refractivity (Wildman–Crippen MR) is 87.3 cm³/mol. The van der Waals surface area contributed by atoms with Gasteiger partial charge in [0, 0.05) is 11.5 Å². The van der Waals surface area contributed by atoms with Crippen LogP contribution in [-0.2, 0) is 11.5 Å². The van der Waals surface area contributed by atoms with Crippen LogP contribution >= 0.6 is 23.5 Å². The first-order valence-corrected chi connectivity index (χ1v) is 8.27. The van der Waals surface area contributed by atoms with E-state index in [-0.39, 0.29) is 0 Å². The van der Waals surface area contributed by atoms with Gasteiger partial charge in [-0.25, -0.2) is 4.99 Å². The highest BCUT2D eigenvalue weighted by atomic mass is 32.2. The van der Waals surface area contributed by atoms with Crippen molar-refractivity contribution >= 4 is 33.6 Å². The molecule has 1 aliphatic rings. The zero-order valence-electron chi connectivity index (χ0n) is 10.8. The van der Waals surface area contributed by atoms with Gasteiger partial charge >= 0.3 is 0 Å². The van der Waals surface area contributed by atoms with E-state index in [1.807, 2.05) is 23.5 Å². The molecule has 1 heterocycles. The average molecular weight is 285 g/mol. The van der Waals surface area contributed by atoms with Crippen molar-refractivity contribution in [1.82, 2.24) is 0 Å². The van der Waals surface area contributed by atoms with Crippen LogP contribution in [0.25, 0.3) is 0 Å². The van der Waals surface area contributed by atoms with Gasteiger partial charge < -0.3 is 0 Å². The van der Waals surface area contributed by atoms with Gasteiger partial charge in [0.15, 0.2) is 0 Å². The van der Waals surface area contributed by atoms with E-state index in [9.17, 15) is 0 Å². The lowest BCUT2D eigenvalue weighted by Crippen LogP contribution is -1.96. The molecule has 19 heavy (non-hydrogen) atoms. The summed E-state index contributed by atoms with van der Waals surface area (Å²) in [6.45, 7) is 2.17. The molecule has 96 valence electrons. The molecule has 0 aromatic heterocycles. The lowest BCUT2D eigenvalue weighted by molar-refractivity contribution is 1.31. The third-order valence-electron chi connectivity index (χ3n) is 3.17. The van der Waals surface area contributed by atoms with E-state index >= 15 is 0 Å². The summed E-state index contributed by atoms with van der Waals surface area (Å²) in [5.74, 6) is 2.04. The van der Waals surface area contributed by atoms with Gasteiger partial charge in [-0.2, -0.15) is 0 Å². The maximum Gasteiger partial charge on any atom is 0.131 e. The maximum atomic E-state index is 4.73. The van der Waals surface area contributed by atoms with Crippen molar-refractivity contribution in [3.63, 3.8) is 0 Å². The molecule has 1 nitrogen and oxygen atoms in total. The summed E-state index contributed by atoms with van der Waals surface area (Å²) in [7, 11) is 0.